The van der Waals surface area contributed by atoms with E-state index in [0.717, 1.165) is 30.9 Å². The largest absolute Gasteiger partial charge is 0.491 e. The maximum atomic E-state index is 13.3. The minimum atomic E-state index is -0.619. The highest BCUT2D eigenvalue weighted by molar-refractivity contribution is 5.98. The SMILES string of the molecule is C/C=C\C(=C/C)Nc1ccc2c(c1)C(=O)N(C[C@@H](O)CN1CCc3ccccc3C1)CCO2. The molecule has 2 aliphatic rings. The fraction of sp³-hybridized carbons (Fsp3) is 0.370. The number of amides is 1. The van der Waals surface area contributed by atoms with E-state index >= 15 is 0 Å². The first-order chi connectivity index (χ1) is 16.1. The number of aliphatic hydroxyl groups excluding tert-OH is 1. The van der Waals surface area contributed by atoms with E-state index < -0.39 is 6.10 Å². The molecule has 0 aliphatic carbocycles. The molecular formula is C27H33N3O3. The van der Waals surface area contributed by atoms with Crippen LogP contribution in [0.4, 0.5) is 5.69 Å². The van der Waals surface area contributed by atoms with E-state index in [0.29, 0.717) is 31.0 Å². The second-order valence-corrected chi connectivity index (χ2v) is 8.59. The molecule has 1 atom stereocenters. The van der Waals surface area contributed by atoms with Gasteiger partial charge in [-0.2, -0.15) is 0 Å². The van der Waals surface area contributed by atoms with Gasteiger partial charge in [0.15, 0.2) is 0 Å². The normalized spacial score (nSPS) is 17.8. The van der Waals surface area contributed by atoms with Gasteiger partial charge in [0.05, 0.1) is 18.2 Å². The number of nitrogens with one attached hydrogen (secondary N) is 1. The summed E-state index contributed by atoms with van der Waals surface area (Å²) in [5, 5.41) is 14.2. The Morgan fingerprint density at radius 3 is 2.76 bits per heavy atom. The number of β-amino-alcohol motifs (C(OH)–C–C–N with tert-alkyl or cyclic N) is 1. The lowest BCUT2D eigenvalue weighted by molar-refractivity contribution is 0.0501. The third kappa shape index (κ3) is 5.64. The molecule has 4 rings (SSSR count). The second-order valence-electron chi connectivity index (χ2n) is 8.59. The number of allylic oxidation sites excluding steroid dienone is 3. The Morgan fingerprint density at radius 1 is 1.15 bits per heavy atom. The zero-order valence-corrected chi connectivity index (χ0v) is 19.5. The molecule has 2 heterocycles. The summed E-state index contributed by atoms with van der Waals surface area (Å²) < 4.78 is 5.84. The van der Waals surface area contributed by atoms with Gasteiger partial charge in [0.1, 0.15) is 12.4 Å². The van der Waals surface area contributed by atoms with E-state index in [9.17, 15) is 9.90 Å². The Labute approximate surface area is 196 Å². The highest BCUT2D eigenvalue weighted by Gasteiger charge is 2.27. The van der Waals surface area contributed by atoms with Gasteiger partial charge in [-0.05, 0) is 55.7 Å². The van der Waals surface area contributed by atoms with Crippen LogP contribution in [-0.4, -0.2) is 59.7 Å². The van der Waals surface area contributed by atoms with Crippen molar-refractivity contribution in [1.29, 1.82) is 0 Å². The molecule has 6 heteroatoms. The van der Waals surface area contributed by atoms with Gasteiger partial charge in [-0.3, -0.25) is 9.69 Å². The lowest BCUT2D eigenvalue weighted by Crippen LogP contribution is -2.44. The topological polar surface area (TPSA) is 65.0 Å². The molecule has 174 valence electrons. The molecule has 0 saturated carbocycles. The molecule has 2 aromatic rings. The van der Waals surface area contributed by atoms with Crippen LogP contribution in [0.25, 0.3) is 0 Å². The lowest BCUT2D eigenvalue weighted by atomic mass is 10.00. The molecule has 0 radical (unpaired) electrons. The van der Waals surface area contributed by atoms with Crippen molar-refractivity contribution in [1.82, 2.24) is 9.80 Å². The van der Waals surface area contributed by atoms with Crippen molar-refractivity contribution in [2.45, 2.75) is 32.9 Å². The molecule has 6 nitrogen and oxygen atoms in total. The van der Waals surface area contributed by atoms with Crippen molar-refractivity contribution < 1.29 is 14.6 Å². The van der Waals surface area contributed by atoms with Gasteiger partial charge >= 0.3 is 0 Å². The smallest absolute Gasteiger partial charge is 0.257 e. The molecule has 2 N–H and O–H groups in total. The summed E-state index contributed by atoms with van der Waals surface area (Å²) in [6, 6.07) is 14.1. The minimum Gasteiger partial charge on any atom is -0.491 e. The van der Waals surface area contributed by atoms with E-state index in [2.05, 4.69) is 34.5 Å². The molecule has 1 amide bonds. The number of fused-ring (bicyclic) bond motifs is 2. The van der Waals surface area contributed by atoms with Crippen LogP contribution in [0.1, 0.15) is 35.3 Å². The number of rotatable bonds is 7. The lowest BCUT2D eigenvalue weighted by Gasteiger charge is -2.32. The molecule has 2 aliphatic heterocycles. The molecule has 0 saturated heterocycles. The Bertz CT molecular complexity index is 1050. The predicted molar refractivity (Wildman–Crippen MR) is 131 cm³/mol. The zero-order chi connectivity index (χ0) is 23.2. The molecular weight excluding hydrogens is 414 g/mol. The number of hydrogen-bond donors (Lipinski definition) is 2. The number of carbonyl (C=O) groups is 1. The first-order valence-corrected chi connectivity index (χ1v) is 11.7. The Kier molecular flexibility index (Phi) is 7.47. The van der Waals surface area contributed by atoms with Crippen LogP contribution in [0.2, 0.25) is 0 Å². The molecule has 0 unspecified atom stereocenters. The monoisotopic (exact) mass is 447 g/mol. The number of carbonyl (C=O) groups excluding carboxylic acids is 1. The average Bonchev–Trinajstić information content (AvgIpc) is 2.97. The third-order valence-electron chi connectivity index (χ3n) is 6.17. The second kappa shape index (κ2) is 10.7. The number of benzene rings is 2. The highest BCUT2D eigenvalue weighted by atomic mass is 16.5. The van der Waals surface area contributed by atoms with Gasteiger partial charge in [-0.25, -0.2) is 0 Å². The molecule has 0 fully saturated rings. The first kappa shape index (κ1) is 23.1. The van der Waals surface area contributed by atoms with Gasteiger partial charge in [0.2, 0.25) is 0 Å². The number of aliphatic hydroxyl groups is 1. The van der Waals surface area contributed by atoms with Gasteiger partial charge in [0, 0.05) is 37.6 Å². The van der Waals surface area contributed by atoms with E-state index in [1.54, 1.807) is 4.90 Å². The van der Waals surface area contributed by atoms with Crippen LogP contribution in [0, 0.1) is 0 Å². The first-order valence-electron chi connectivity index (χ1n) is 11.7. The Hall–Kier alpha value is -3.09. The maximum absolute atomic E-state index is 13.3. The summed E-state index contributed by atoms with van der Waals surface area (Å²) in [6.07, 6.45) is 6.29. The van der Waals surface area contributed by atoms with Crippen molar-refractivity contribution in [3.8, 4) is 5.75 Å². The summed E-state index contributed by atoms with van der Waals surface area (Å²) in [5.74, 6) is 0.477. The summed E-state index contributed by atoms with van der Waals surface area (Å²) in [6.45, 7) is 7.38. The van der Waals surface area contributed by atoms with Crippen LogP contribution in [0.5, 0.6) is 5.75 Å². The fourth-order valence-electron chi connectivity index (χ4n) is 4.49. The van der Waals surface area contributed by atoms with Crippen LogP contribution < -0.4 is 10.1 Å². The molecule has 2 aromatic carbocycles. The van der Waals surface area contributed by atoms with Gasteiger partial charge in [0.25, 0.3) is 5.91 Å². The zero-order valence-electron chi connectivity index (χ0n) is 19.5. The fourth-order valence-corrected chi connectivity index (χ4v) is 4.49. The number of anilines is 1. The molecule has 0 bridgehead atoms. The van der Waals surface area contributed by atoms with E-state index in [4.69, 9.17) is 4.74 Å². The van der Waals surface area contributed by atoms with E-state index in [1.165, 1.54) is 11.1 Å². The van der Waals surface area contributed by atoms with Crippen LogP contribution in [-0.2, 0) is 13.0 Å². The van der Waals surface area contributed by atoms with Crippen molar-refractivity contribution >= 4 is 11.6 Å². The highest BCUT2D eigenvalue weighted by Crippen LogP contribution is 2.27. The summed E-state index contributed by atoms with van der Waals surface area (Å²) in [4.78, 5) is 17.3. The van der Waals surface area contributed by atoms with Crippen molar-refractivity contribution in [3.05, 3.63) is 83.1 Å². The van der Waals surface area contributed by atoms with Crippen molar-refractivity contribution in [2.24, 2.45) is 0 Å². The summed E-state index contributed by atoms with van der Waals surface area (Å²) in [5.41, 5.74) is 5.01. The average molecular weight is 448 g/mol. The molecule has 0 spiro atoms. The standard InChI is InChI=1S/C27H33N3O3/c1-3-7-22(4-2)28-23-10-11-26-25(16-23)27(32)30(14-15-33-26)19-24(31)18-29-13-12-20-8-5-6-9-21(20)17-29/h3-11,16,24,28,31H,12-15,17-19H2,1-2H3/b7-3-,22-4+/t24-/m0/s1. The minimum absolute atomic E-state index is 0.109. The maximum Gasteiger partial charge on any atom is 0.257 e. The quantitative estimate of drug-likeness (QED) is 0.632. The Balaban J connectivity index is 1.41. The number of nitrogens with zero attached hydrogens (tertiary/aromatic N) is 2. The predicted octanol–water partition coefficient (Wildman–Crippen LogP) is 3.83. The molecule has 33 heavy (non-hydrogen) atoms. The van der Waals surface area contributed by atoms with Gasteiger partial charge in [-0.1, -0.05) is 36.4 Å². The van der Waals surface area contributed by atoms with Crippen molar-refractivity contribution in [2.75, 3.05) is 38.1 Å². The number of hydrogen-bond acceptors (Lipinski definition) is 5. The van der Waals surface area contributed by atoms with Gasteiger partial charge < -0.3 is 20.1 Å². The number of ether oxygens (including phenoxy) is 1. The van der Waals surface area contributed by atoms with Crippen LogP contribution in [0.15, 0.2) is 66.4 Å². The van der Waals surface area contributed by atoms with Gasteiger partial charge in [-0.15, -0.1) is 0 Å². The van der Waals surface area contributed by atoms with Crippen LogP contribution in [0.3, 0.4) is 0 Å². The Morgan fingerprint density at radius 2 is 1.97 bits per heavy atom. The third-order valence-corrected chi connectivity index (χ3v) is 6.17. The van der Waals surface area contributed by atoms with E-state index in [1.807, 2.05) is 50.3 Å². The summed E-state index contributed by atoms with van der Waals surface area (Å²) in [7, 11) is 0. The van der Waals surface area contributed by atoms with Crippen molar-refractivity contribution in [3.63, 3.8) is 0 Å². The molecule has 0 aromatic heterocycles. The van der Waals surface area contributed by atoms with Crippen LogP contribution >= 0.6 is 0 Å². The van der Waals surface area contributed by atoms with E-state index in [-0.39, 0.29) is 12.5 Å². The summed E-state index contributed by atoms with van der Waals surface area (Å²) >= 11 is 0.